The summed E-state index contributed by atoms with van der Waals surface area (Å²) in [6.45, 7) is 0.279. The van der Waals surface area contributed by atoms with Gasteiger partial charge in [-0.1, -0.05) is 0 Å². The molecule has 2 nitrogen and oxygen atoms in total. The molecular formula is C30H21B5N2P-. The zero-order valence-electron chi connectivity index (χ0n) is 20.8. The molecule has 0 spiro atoms. The summed E-state index contributed by atoms with van der Waals surface area (Å²) in [4.78, 5) is 2.50. The fraction of sp³-hybridized carbons (Fsp3) is 0. The summed E-state index contributed by atoms with van der Waals surface area (Å²) in [5.74, 6) is 0. The molecule has 11 rings (SSSR count). The number of nitrogens with one attached hydrogen (secondary N) is 1. The maximum absolute atomic E-state index is 4.27. The summed E-state index contributed by atoms with van der Waals surface area (Å²) < 4.78 is 0. The topological polar surface area (TPSA) is 15.3 Å². The van der Waals surface area contributed by atoms with E-state index >= 15 is 0 Å². The van der Waals surface area contributed by atoms with Gasteiger partial charge in [-0.15, -0.1) is 0 Å². The third kappa shape index (κ3) is 2.04. The summed E-state index contributed by atoms with van der Waals surface area (Å²) in [5, 5.41) is 5.92. The van der Waals surface area contributed by atoms with E-state index in [1.165, 1.54) is 50.3 Å². The van der Waals surface area contributed by atoms with Gasteiger partial charge in [-0.2, -0.15) is 0 Å². The van der Waals surface area contributed by atoms with Crippen LogP contribution in [-0.2, 0) is 0 Å². The van der Waals surface area contributed by atoms with Crippen LogP contribution >= 0.6 is 6.39 Å². The number of rotatable bonds is 4. The molecule has 1 N–H and O–H groups in total. The molecule has 38 heavy (non-hydrogen) atoms. The monoisotopic (exact) mass is 495 g/mol. The fourth-order valence-electron chi connectivity index (χ4n) is 8.63. The molecule has 0 aliphatic carbocycles. The van der Waals surface area contributed by atoms with E-state index in [1.807, 2.05) is 0 Å². The molecule has 6 aliphatic heterocycles. The first kappa shape index (κ1) is 20.4. The summed E-state index contributed by atoms with van der Waals surface area (Å²) in [7, 11) is 2.63. The normalized spacial score (nSPS) is 19.8. The Labute approximate surface area is 225 Å². The molecule has 172 valence electrons. The number of fused-ring (bicyclic) bond motifs is 5. The average Bonchev–Trinajstić information content (AvgIpc) is 3.54. The second-order valence-electron chi connectivity index (χ2n) is 11.6. The van der Waals surface area contributed by atoms with Gasteiger partial charge in [-0.25, -0.2) is 0 Å². The van der Waals surface area contributed by atoms with Crippen molar-refractivity contribution in [1.82, 2.24) is 0 Å². The molecule has 0 unspecified atom stereocenters. The van der Waals surface area contributed by atoms with Crippen LogP contribution in [0.4, 0.5) is 22.7 Å². The Morgan fingerprint density at radius 1 is 0.632 bits per heavy atom. The van der Waals surface area contributed by atoms with Crippen LogP contribution in [0.3, 0.4) is 0 Å². The zero-order chi connectivity index (χ0) is 24.7. The molecule has 6 aliphatic rings. The van der Waals surface area contributed by atoms with Crippen molar-refractivity contribution in [3.05, 3.63) is 121 Å². The molecule has 0 amide bonds. The van der Waals surface area contributed by atoms with Gasteiger partial charge in [0.25, 0.3) is 0 Å². The van der Waals surface area contributed by atoms with Crippen LogP contribution in [0, 0.1) is 0 Å². The molecule has 0 saturated carbocycles. The summed E-state index contributed by atoms with van der Waals surface area (Å²) in [5.41, 5.74) is 12.5. The maximum atomic E-state index is 4.27. The van der Waals surface area contributed by atoms with Gasteiger partial charge in [0, 0.05) is 0 Å². The minimum absolute atomic E-state index is 0.279. The number of para-hydroxylation sites is 3. The van der Waals surface area contributed by atoms with Crippen molar-refractivity contribution in [3.8, 4) is 11.1 Å². The van der Waals surface area contributed by atoms with Gasteiger partial charge in [0.2, 0.25) is 0 Å². The quantitative estimate of drug-likeness (QED) is 0.294. The van der Waals surface area contributed by atoms with E-state index in [4.69, 9.17) is 0 Å². The predicted molar refractivity (Wildman–Crippen MR) is 171 cm³/mol. The zero-order valence-corrected chi connectivity index (χ0v) is 21.7. The molecule has 5 aromatic rings. The van der Waals surface area contributed by atoms with E-state index in [2.05, 4.69) is 138 Å². The van der Waals surface area contributed by atoms with Crippen LogP contribution in [0.1, 0.15) is 0 Å². The van der Waals surface area contributed by atoms with Crippen molar-refractivity contribution < 1.29 is 0 Å². The van der Waals surface area contributed by atoms with Crippen molar-refractivity contribution >= 4 is 83.2 Å². The third-order valence-electron chi connectivity index (χ3n) is 10.3. The Hall–Kier alpha value is -3.55. The van der Waals surface area contributed by atoms with Crippen molar-refractivity contribution in [2.24, 2.45) is 0 Å². The molecule has 2 bridgehead atoms. The average molecular weight is 495 g/mol. The first-order valence-electron chi connectivity index (χ1n) is 13.7. The van der Waals surface area contributed by atoms with Gasteiger partial charge in [0.05, 0.1) is 0 Å². The second kappa shape index (κ2) is 6.53. The van der Waals surface area contributed by atoms with E-state index in [9.17, 15) is 0 Å². The van der Waals surface area contributed by atoms with Gasteiger partial charge >= 0.3 is 226 Å². The summed E-state index contributed by atoms with van der Waals surface area (Å²) in [6, 6.07) is 45.1. The molecule has 0 atom stereocenters. The van der Waals surface area contributed by atoms with E-state index in [-0.39, 0.29) is 6.71 Å². The molecule has 2 radical (unpaired) electrons. The van der Waals surface area contributed by atoms with Gasteiger partial charge in [0.15, 0.2) is 0 Å². The van der Waals surface area contributed by atoms with Crippen molar-refractivity contribution in [2.75, 3.05) is 9.99 Å². The number of benzene rings is 5. The Morgan fingerprint density at radius 2 is 1.29 bits per heavy atom. The standard InChI is InChI=1S/C30H21B5N2P/c1-3-11-21(12-4-1)36-38(33-31-34(38)35(33)38)28-20-19-27-30-29(28)23-15-7-8-16-24(23)32(30)25-17-9-10-18-26(25)37(27)22-13-5-2-6-14-22/h1-20,36H/q-1. The van der Waals surface area contributed by atoms with Crippen LogP contribution in [-0.4, -0.2) is 32.4 Å². The van der Waals surface area contributed by atoms with Crippen molar-refractivity contribution in [3.63, 3.8) is 0 Å². The molecule has 4 fully saturated rings. The van der Waals surface area contributed by atoms with Gasteiger partial charge in [0.1, 0.15) is 0 Å². The number of nitrogens with zero attached hydrogens (tertiary/aromatic N) is 1. The molecule has 8 heteroatoms. The van der Waals surface area contributed by atoms with E-state index in [1.54, 1.807) is 5.30 Å². The Kier molecular flexibility index (Phi) is 3.51. The number of hydrogen-bond donors (Lipinski definition) is 1. The first-order chi connectivity index (χ1) is 18.8. The SMILES string of the molecule is [B-]1B2B3B1P23(Nc1ccccc1)c1ccc2c3c1-c1ccccc1B3c1ccccc1N2c1ccccc1. The second-order valence-corrected chi connectivity index (χ2v) is 16.8. The van der Waals surface area contributed by atoms with Crippen LogP contribution in [0.2, 0.25) is 0 Å². The molecular weight excluding hydrogens is 473 g/mol. The number of anilines is 4. The Balaban J connectivity index is 1.28. The van der Waals surface area contributed by atoms with E-state index in [0.29, 0.717) is 0 Å². The van der Waals surface area contributed by atoms with Gasteiger partial charge < -0.3 is 0 Å². The van der Waals surface area contributed by atoms with Gasteiger partial charge in [-0.05, 0) is 0 Å². The first-order valence-corrected chi connectivity index (χ1v) is 16.2. The molecule has 5 aromatic carbocycles. The Morgan fingerprint density at radius 3 is 2.03 bits per heavy atom. The molecule has 0 aromatic heterocycles. The van der Waals surface area contributed by atoms with Crippen LogP contribution in [0.15, 0.2) is 121 Å². The van der Waals surface area contributed by atoms with Crippen LogP contribution in [0.25, 0.3) is 11.1 Å². The van der Waals surface area contributed by atoms with Crippen molar-refractivity contribution in [2.45, 2.75) is 0 Å². The van der Waals surface area contributed by atoms with Crippen LogP contribution in [0.5, 0.6) is 0 Å². The number of hydrogen-bond acceptors (Lipinski definition) is 2. The fourth-order valence-corrected chi connectivity index (χ4v) is 16.9. The molecule has 6 heterocycles. The minimum atomic E-state index is -2.20. The summed E-state index contributed by atoms with van der Waals surface area (Å²) in [6.07, 6.45) is 0.166. The van der Waals surface area contributed by atoms with E-state index in [0.717, 1.165) is 18.6 Å². The van der Waals surface area contributed by atoms with Crippen LogP contribution < -0.4 is 31.7 Å². The third-order valence-corrected chi connectivity index (χ3v) is 17.3. The predicted octanol–water partition coefficient (Wildman–Crippen LogP) is 4.04. The molecule has 4 saturated heterocycles. The van der Waals surface area contributed by atoms with E-state index < -0.39 is 6.39 Å². The summed E-state index contributed by atoms with van der Waals surface area (Å²) >= 11 is 0. The Bertz CT molecular complexity index is 1830. The van der Waals surface area contributed by atoms with Crippen molar-refractivity contribution in [1.29, 1.82) is 0 Å². The van der Waals surface area contributed by atoms with Gasteiger partial charge in [-0.3, -0.25) is 0 Å².